The van der Waals surface area contributed by atoms with E-state index < -0.39 is 5.92 Å². The molecule has 0 saturated carbocycles. The van der Waals surface area contributed by atoms with Crippen molar-refractivity contribution in [2.24, 2.45) is 5.92 Å². The Morgan fingerprint density at radius 3 is 2.78 bits per heavy atom. The molecule has 1 aliphatic carbocycles. The van der Waals surface area contributed by atoms with Gasteiger partial charge in [0.1, 0.15) is 5.82 Å². The molecule has 27 heavy (non-hydrogen) atoms. The van der Waals surface area contributed by atoms with E-state index in [1.165, 1.54) is 35.2 Å². The van der Waals surface area contributed by atoms with E-state index in [4.69, 9.17) is 0 Å². The van der Waals surface area contributed by atoms with Gasteiger partial charge >= 0.3 is 0 Å². The van der Waals surface area contributed by atoms with E-state index in [-0.39, 0.29) is 42.2 Å². The van der Waals surface area contributed by atoms with Crippen LogP contribution in [0.25, 0.3) is 0 Å². The van der Waals surface area contributed by atoms with Gasteiger partial charge in [0.25, 0.3) is 5.56 Å². The van der Waals surface area contributed by atoms with Crippen LogP contribution in [0.5, 0.6) is 0 Å². The minimum absolute atomic E-state index is 0.0800. The zero-order valence-corrected chi connectivity index (χ0v) is 14.6. The number of aryl methyl sites for hydroxylation is 1. The van der Waals surface area contributed by atoms with Crippen molar-refractivity contribution < 1.29 is 14.0 Å². The predicted molar refractivity (Wildman–Crippen MR) is 95.7 cm³/mol. The molecule has 2 aliphatic rings. The van der Waals surface area contributed by atoms with Gasteiger partial charge in [0.15, 0.2) is 0 Å². The first-order valence-electron chi connectivity index (χ1n) is 8.93. The first kappa shape index (κ1) is 17.4. The smallest absolute Gasteiger partial charge is 0.264 e. The minimum atomic E-state index is -0.443. The second-order valence-corrected chi connectivity index (χ2v) is 7.03. The number of nitrogens with one attached hydrogen (secondary N) is 2. The topological polar surface area (TPSA) is 95.2 Å². The normalized spacial score (nSPS) is 21.8. The number of aromatic nitrogens is 2. The van der Waals surface area contributed by atoms with E-state index in [1.54, 1.807) is 0 Å². The Bertz CT molecular complexity index is 941. The quantitative estimate of drug-likeness (QED) is 0.841. The summed E-state index contributed by atoms with van der Waals surface area (Å²) in [6, 6.07) is 7.11. The van der Waals surface area contributed by atoms with Crippen molar-refractivity contribution in [2.45, 2.75) is 31.7 Å². The summed E-state index contributed by atoms with van der Waals surface area (Å²) < 4.78 is 13.1. The fraction of sp³-hybridized carbons (Fsp3) is 0.368. The highest BCUT2D eigenvalue weighted by Crippen LogP contribution is 2.26. The lowest BCUT2D eigenvalue weighted by atomic mass is 9.92. The first-order chi connectivity index (χ1) is 13.0. The summed E-state index contributed by atoms with van der Waals surface area (Å²) >= 11 is 0. The number of anilines is 1. The van der Waals surface area contributed by atoms with Gasteiger partial charge in [0.2, 0.25) is 11.8 Å². The van der Waals surface area contributed by atoms with Gasteiger partial charge < -0.3 is 10.2 Å². The van der Waals surface area contributed by atoms with Gasteiger partial charge in [0.05, 0.1) is 11.6 Å². The van der Waals surface area contributed by atoms with Gasteiger partial charge in [-0.1, -0.05) is 0 Å². The third-order valence-corrected chi connectivity index (χ3v) is 5.15. The number of amides is 2. The Hall–Kier alpha value is -3.03. The molecule has 2 aromatic rings. The second-order valence-electron chi connectivity index (χ2n) is 7.03. The van der Waals surface area contributed by atoms with Gasteiger partial charge in [-0.3, -0.25) is 14.4 Å². The molecule has 2 amide bonds. The van der Waals surface area contributed by atoms with E-state index in [0.29, 0.717) is 18.5 Å². The summed E-state index contributed by atoms with van der Waals surface area (Å²) in [5.74, 6) is -1.13. The molecule has 4 rings (SSSR count). The zero-order valence-electron chi connectivity index (χ0n) is 14.6. The number of hydrogen-bond donors (Lipinski definition) is 2. The van der Waals surface area contributed by atoms with E-state index >= 15 is 0 Å². The lowest BCUT2D eigenvalue weighted by molar-refractivity contribution is -0.127. The molecule has 1 aromatic heterocycles. The van der Waals surface area contributed by atoms with Crippen LogP contribution in [0.2, 0.25) is 0 Å². The number of carbonyl (C=O) groups is 2. The van der Waals surface area contributed by atoms with E-state index in [2.05, 4.69) is 15.5 Å². The van der Waals surface area contributed by atoms with Crippen molar-refractivity contribution in [3.8, 4) is 0 Å². The number of halogens is 1. The van der Waals surface area contributed by atoms with Crippen molar-refractivity contribution in [2.75, 3.05) is 11.4 Å². The second kappa shape index (κ2) is 6.94. The summed E-state index contributed by atoms with van der Waals surface area (Å²) in [6.07, 6.45) is 2.11. The lowest BCUT2D eigenvalue weighted by Crippen LogP contribution is -2.43. The highest BCUT2D eigenvalue weighted by molar-refractivity contribution is 6.00. The lowest BCUT2D eigenvalue weighted by Gasteiger charge is -2.25. The molecule has 1 fully saturated rings. The largest absolute Gasteiger partial charge is 0.353 e. The molecule has 1 aromatic carbocycles. The molecule has 8 heteroatoms. The maximum Gasteiger partial charge on any atom is 0.264 e. The average molecular weight is 370 g/mol. The van der Waals surface area contributed by atoms with Crippen LogP contribution < -0.4 is 15.8 Å². The Morgan fingerprint density at radius 1 is 1.22 bits per heavy atom. The summed E-state index contributed by atoms with van der Waals surface area (Å²) in [4.78, 5) is 37.9. The number of hydrogen-bond acceptors (Lipinski definition) is 4. The standard InChI is InChI=1S/C19H19FN4O3/c20-13-1-4-15(5-2-13)24-10-12(9-18(24)26)19(27)21-14-3-6-16-11(7-14)8-17(25)23-22-16/h1-2,4-5,8,12,14H,3,6-7,9-10H2,(H,21,27)(H,23,25). The van der Waals surface area contributed by atoms with Crippen LogP contribution >= 0.6 is 0 Å². The van der Waals surface area contributed by atoms with Gasteiger partial charge in [-0.15, -0.1) is 0 Å². The van der Waals surface area contributed by atoms with E-state index in [1.807, 2.05) is 0 Å². The van der Waals surface area contributed by atoms with Crippen LogP contribution in [0.3, 0.4) is 0 Å². The molecule has 2 N–H and O–H groups in total. The highest BCUT2D eigenvalue weighted by atomic mass is 19.1. The summed E-state index contributed by atoms with van der Waals surface area (Å²) in [6.45, 7) is 0.279. The molecular weight excluding hydrogens is 351 g/mol. The molecule has 2 unspecified atom stereocenters. The molecule has 1 saturated heterocycles. The van der Waals surface area contributed by atoms with Gasteiger partial charge in [0, 0.05) is 30.8 Å². The molecule has 140 valence electrons. The molecular formula is C19H19FN4O3. The fourth-order valence-corrected chi connectivity index (χ4v) is 3.74. The third-order valence-electron chi connectivity index (χ3n) is 5.15. The Kier molecular flexibility index (Phi) is 4.47. The van der Waals surface area contributed by atoms with Gasteiger partial charge in [-0.05, 0) is 49.1 Å². The number of aromatic amines is 1. The molecule has 0 radical (unpaired) electrons. The van der Waals surface area contributed by atoms with Crippen LogP contribution in [-0.4, -0.2) is 34.6 Å². The SMILES string of the molecule is O=C(NC1CCc2n[nH]c(=O)cc2C1)C1CC(=O)N(c2ccc(F)cc2)C1. The minimum Gasteiger partial charge on any atom is -0.353 e. The maximum atomic E-state index is 13.1. The molecule has 2 atom stereocenters. The number of nitrogens with zero attached hydrogens (tertiary/aromatic N) is 2. The molecule has 0 spiro atoms. The number of carbonyl (C=O) groups excluding carboxylic acids is 2. The van der Waals surface area contributed by atoms with Gasteiger partial charge in [-0.2, -0.15) is 5.10 Å². The monoisotopic (exact) mass is 370 g/mol. The van der Waals surface area contributed by atoms with Crippen LogP contribution in [0.15, 0.2) is 35.1 Å². The molecule has 0 bridgehead atoms. The van der Waals surface area contributed by atoms with E-state index in [0.717, 1.165) is 17.7 Å². The number of rotatable bonds is 3. The Morgan fingerprint density at radius 2 is 2.00 bits per heavy atom. The summed E-state index contributed by atoms with van der Waals surface area (Å²) in [5, 5.41) is 9.48. The number of fused-ring (bicyclic) bond motifs is 1. The van der Waals surface area contributed by atoms with Crippen molar-refractivity contribution >= 4 is 17.5 Å². The Labute approximate surface area is 154 Å². The van der Waals surface area contributed by atoms with Crippen LogP contribution in [0.4, 0.5) is 10.1 Å². The maximum absolute atomic E-state index is 13.1. The molecule has 7 nitrogen and oxygen atoms in total. The summed E-state index contributed by atoms with van der Waals surface area (Å²) in [5.41, 5.74) is 2.05. The van der Waals surface area contributed by atoms with Crippen molar-refractivity contribution in [3.05, 3.63) is 57.8 Å². The molecule has 2 heterocycles. The Balaban J connectivity index is 1.40. The van der Waals surface area contributed by atoms with Crippen molar-refractivity contribution in [3.63, 3.8) is 0 Å². The van der Waals surface area contributed by atoms with Crippen LogP contribution in [0, 0.1) is 11.7 Å². The zero-order chi connectivity index (χ0) is 19.0. The fourth-order valence-electron chi connectivity index (χ4n) is 3.74. The first-order valence-corrected chi connectivity index (χ1v) is 8.93. The van der Waals surface area contributed by atoms with Crippen molar-refractivity contribution in [1.29, 1.82) is 0 Å². The van der Waals surface area contributed by atoms with Crippen LogP contribution in [0.1, 0.15) is 24.1 Å². The third kappa shape index (κ3) is 3.60. The van der Waals surface area contributed by atoms with Crippen LogP contribution in [-0.2, 0) is 22.4 Å². The predicted octanol–water partition coefficient (Wildman–Crippen LogP) is 0.936. The number of benzene rings is 1. The van der Waals surface area contributed by atoms with Gasteiger partial charge in [-0.25, -0.2) is 9.49 Å². The highest BCUT2D eigenvalue weighted by Gasteiger charge is 2.36. The molecule has 1 aliphatic heterocycles. The number of H-pyrrole nitrogens is 1. The van der Waals surface area contributed by atoms with Crippen molar-refractivity contribution in [1.82, 2.24) is 15.5 Å². The average Bonchev–Trinajstić information content (AvgIpc) is 3.04. The summed E-state index contributed by atoms with van der Waals surface area (Å²) in [7, 11) is 0. The van der Waals surface area contributed by atoms with E-state index in [9.17, 15) is 18.8 Å².